The number of nitrogens with zero attached hydrogens (tertiary/aromatic N) is 2. The number of hydrogen-bond donors (Lipinski definition) is 1. The normalized spacial score (nSPS) is 18.3. The van der Waals surface area contributed by atoms with Gasteiger partial charge in [-0.05, 0) is 43.9 Å². The van der Waals surface area contributed by atoms with E-state index in [2.05, 4.69) is 17.2 Å². The molecule has 1 unspecified atom stereocenters. The first-order chi connectivity index (χ1) is 12.2. The minimum atomic E-state index is -0.0605. The SMILES string of the molecule is CCCOC1CCCN(C(=O)Nc2ccc3oc(CC)nc3c2)CC1. The molecular formula is C19H27N3O3. The predicted molar refractivity (Wildman–Crippen MR) is 97.9 cm³/mol. The van der Waals surface area contributed by atoms with E-state index in [0.717, 1.165) is 68.6 Å². The van der Waals surface area contributed by atoms with Crippen molar-refractivity contribution in [2.24, 2.45) is 0 Å². The summed E-state index contributed by atoms with van der Waals surface area (Å²) in [6.45, 7) is 6.42. The first kappa shape index (κ1) is 17.7. The Morgan fingerprint density at radius 2 is 2.24 bits per heavy atom. The smallest absolute Gasteiger partial charge is 0.321 e. The van der Waals surface area contributed by atoms with Gasteiger partial charge in [0.15, 0.2) is 11.5 Å². The number of anilines is 1. The highest BCUT2D eigenvalue weighted by atomic mass is 16.5. The Labute approximate surface area is 148 Å². The number of aryl methyl sites for hydroxylation is 1. The lowest BCUT2D eigenvalue weighted by atomic mass is 10.2. The van der Waals surface area contributed by atoms with Crippen molar-refractivity contribution in [1.29, 1.82) is 0 Å². The van der Waals surface area contributed by atoms with Crippen molar-refractivity contribution < 1.29 is 13.9 Å². The van der Waals surface area contributed by atoms with Gasteiger partial charge in [0.05, 0.1) is 6.10 Å². The van der Waals surface area contributed by atoms with E-state index in [-0.39, 0.29) is 12.1 Å². The van der Waals surface area contributed by atoms with Gasteiger partial charge < -0.3 is 19.4 Å². The molecule has 0 saturated carbocycles. The third-order valence-corrected chi connectivity index (χ3v) is 4.51. The zero-order valence-electron chi connectivity index (χ0n) is 15.1. The molecule has 2 heterocycles. The first-order valence-corrected chi connectivity index (χ1v) is 9.26. The summed E-state index contributed by atoms with van der Waals surface area (Å²) in [7, 11) is 0. The lowest BCUT2D eigenvalue weighted by molar-refractivity contribution is 0.0446. The van der Waals surface area contributed by atoms with Crippen LogP contribution < -0.4 is 5.32 Å². The molecule has 25 heavy (non-hydrogen) atoms. The zero-order valence-corrected chi connectivity index (χ0v) is 15.1. The molecular weight excluding hydrogens is 318 g/mol. The largest absolute Gasteiger partial charge is 0.441 e. The molecule has 6 nitrogen and oxygen atoms in total. The van der Waals surface area contributed by atoms with E-state index < -0.39 is 0 Å². The number of nitrogens with one attached hydrogen (secondary N) is 1. The van der Waals surface area contributed by atoms with E-state index in [1.165, 1.54) is 0 Å². The highest BCUT2D eigenvalue weighted by Crippen LogP contribution is 2.21. The predicted octanol–water partition coefficient (Wildman–Crippen LogP) is 4.20. The molecule has 1 fully saturated rings. The number of ether oxygens (including phenoxy) is 1. The summed E-state index contributed by atoms with van der Waals surface area (Å²) in [6, 6.07) is 5.51. The fourth-order valence-electron chi connectivity index (χ4n) is 3.13. The second kappa shape index (κ2) is 8.34. The van der Waals surface area contributed by atoms with Gasteiger partial charge in [-0.3, -0.25) is 0 Å². The Bertz CT molecular complexity index is 713. The number of aromatic nitrogens is 1. The number of likely N-dealkylation sites (tertiary alicyclic amines) is 1. The molecule has 1 N–H and O–H groups in total. The van der Waals surface area contributed by atoms with Crippen LogP contribution in [0.5, 0.6) is 0 Å². The third kappa shape index (κ3) is 4.51. The first-order valence-electron chi connectivity index (χ1n) is 9.26. The van der Waals surface area contributed by atoms with Gasteiger partial charge in [-0.2, -0.15) is 0 Å². The van der Waals surface area contributed by atoms with Crippen LogP contribution in [0.2, 0.25) is 0 Å². The molecule has 1 saturated heterocycles. The number of fused-ring (bicyclic) bond motifs is 1. The molecule has 3 rings (SSSR count). The van der Waals surface area contributed by atoms with E-state index in [9.17, 15) is 4.79 Å². The van der Waals surface area contributed by atoms with Crippen LogP contribution in [-0.2, 0) is 11.2 Å². The van der Waals surface area contributed by atoms with Crippen LogP contribution in [-0.4, -0.2) is 41.7 Å². The Hall–Kier alpha value is -2.08. The lowest BCUT2D eigenvalue weighted by Crippen LogP contribution is -2.36. The maximum atomic E-state index is 12.6. The molecule has 2 amide bonds. The molecule has 2 aromatic rings. The van der Waals surface area contributed by atoms with Gasteiger partial charge in [0.2, 0.25) is 0 Å². The van der Waals surface area contributed by atoms with Gasteiger partial charge >= 0.3 is 6.03 Å². The van der Waals surface area contributed by atoms with Crippen molar-refractivity contribution in [3.05, 3.63) is 24.1 Å². The van der Waals surface area contributed by atoms with Gasteiger partial charge in [0.1, 0.15) is 5.52 Å². The molecule has 0 radical (unpaired) electrons. The van der Waals surface area contributed by atoms with Gasteiger partial charge in [-0.15, -0.1) is 0 Å². The summed E-state index contributed by atoms with van der Waals surface area (Å²) < 4.78 is 11.4. The minimum absolute atomic E-state index is 0.0605. The number of benzene rings is 1. The topological polar surface area (TPSA) is 67.6 Å². The minimum Gasteiger partial charge on any atom is -0.441 e. The Kier molecular flexibility index (Phi) is 5.91. The van der Waals surface area contributed by atoms with Crippen LogP contribution in [0.1, 0.15) is 45.4 Å². The van der Waals surface area contributed by atoms with E-state index in [1.54, 1.807) is 0 Å². The zero-order chi connectivity index (χ0) is 17.6. The van der Waals surface area contributed by atoms with E-state index in [0.29, 0.717) is 5.89 Å². The molecule has 1 aliphatic rings. The molecule has 0 spiro atoms. The van der Waals surface area contributed by atoms with Crippen molar-refractivity contribution in [1.82, 2.24) is 9.88 Å². The van der Waals surface area contributed by atoms with E-state index in [4.69, 9.17) is 9.15 Å². The molecule has 1 aromatic heterocycles. The summed E-state index contributed by atoms with van der Waals surface area (Å²) in [5.41, 5.74) is 2.27. The van der Waals surface area contributed by atoms with Crippen molar-refractivity contribution in [2.75, 3.05) is 25.0 Å². The maximum absolute atomic E-state index is 12.6. The number of carbonyl (C=O) groups is 1. The molecule has 1 aromatic carbocycles. The van der Waals surface area contributed by atoms with Gasteiger partial charge in [0.25, 0.3) is 0 Å². The van der Waals surface area contributed by atoms with Crippen LogP contribution in [0.15, 0.2) is 22.6 Å². The number of rotatable bonds is 5. The van der Waals surface area contributed by atoms with Crippen LogP contribution in [0, 0.1) is 0 Å². The van der Waals surface area contributed by atoms with Gasteiger partial charge in [0, 0.05) is 31.8 Å². The highest BCUT2D eigenvalue weighted by Gasteiger charge is 2.21. The van der Waals surface area contributed by atoms with Crippen LogP contribution in [0.4, 0.5) is 10.5 Å². The average molecular weight is 345 g/mol. The quantitative estimate of drug-likeness (QED) is 0.882. The van der Waals surface area contributed by atoms with Crippen molar-refractivity contribution in [2.45, 2.75) is 52.1 Å². The van der Waals surface area contributed by atoms with Gasteiger partial charge in [-0.25, -0.2) is 9.78 Å². The number of urea groups is 1. The van der Waals surface area contributed by atoms with E-state index in [1.807, 2.05) is 30.0 Å². The Morgan fingerprint density at radius 1 is 1.36 bits per heavy atom. The fourth-order valence-corrected chi connectivity index (χ4v) is 3.13. The van der Waals surface area contributed by atoms with Crippen molar-refractivity contribution in [3.63, 3.8) is 0 Å². The molecule has 136 valence electrons. The Morgan fingerprint density at radius 3 is 3.04 bits per heavy atom. The highest BCUT2D eigenvalue weighted by molar-refractivity contribution is 5.91. The number of carbonyl (C=O) groups excluding carboxylic acids is 1. The summed E-state index contributed by atoms with van der Waals surface area (Å²) in [5, 5.41) is 2.98. The molecule has 6 heteroatoms. The Balaban J connectivity index is 1.59. The molecule has 0 bridgehead atoms. The standard InChI is InChI=1S/C19H27N3O3/c1-3-12-24-15-6-5-10-22(11-9-15)19(23)20-14-7-8-17-16(13-14)21-18(4-2)25-17/h7-8,13,15H,3-6,9-12H2,1-2H3,(H,20,23). The third-order valence-electron chi connectivity index (χ3n) is 4.51. The van der Waals surface area contributed by atoms with Crippen molar-refractivity contribution >= 4 is 22.8 Å². The van der Waals surface area contributed by atoms with Gasteiger partial charge in [-0.1, -0.05) is 13.8 Å². The lowest BCUT2D eigenvalue weighted by Gasteiger charge is -2.21. The maximum Gasteiger partial charge on any atom is 0.321 e. The van der Waals surface area contributed by atoms with E-state index >= 15 is 0 Å². The number of hydrogen-bond acceptors (Lipinski definition) is 4. The monoisotopic (exact) mass is 345 g/mol. The fraction of sp³-hybridized carbons (Fsp3) is 0.579. The summed E-state index contributed by atoms with van der Waals surface area (Å²) in [4.78, 5) is 18.9. The van der Waals surface area contributed by atoms with Crippen molar-refractivity contribution in [3.8, 4) is 0 Å². The van der Waals surface area contributed by atoms with Crippen LogP contribution >= 0.6 is 0 Å². The molecule has 1 aliphatic heterocycles. The molecule has 0 aliphatic carbocycles. The summed E-state index contributed by atoms with van der Waals surface area (Å²) in [6.07, 6.45) is 4.96. The summed E-state index contributed by atoms with van der Waals surface area (Å²) in [5.74, 6) is 0.712. The van der Waals surface area contributed by atoms with Crippen LogP contribution in [0.25, 0.3) is 11.1 Å². The number of oxazole rings is 1. The second-order valence-electron chi connectivity index (χ2n) is 6.48. The second-order valence-corrected chi connectivity index (χ2v) is 6.48. The average Bonchev–Trinajstić information content (AvgIpc) is 2.88. The van der Waals surface area contributed by atoms with Crippen LogP contribution in [0.3, 0.4) is 0 Å². The molecule has 1 atom stereocenters. The number of amides is 2. The summed E-state index contributed by atoms with van der Waals surface area (Å²) >= 11 is 0.